The van der Waals surface area contributed by atoms with Crippen LogP contribution in [0, 0.1) is 0 Å². The molecule has 0 atom stereocenters. The lowest BCUT2D eigenvalue weighted by molar-refractivity contribution is -0.138. The van der Waals surface area contributed by atoms with Gasteiger partial charge in [0.15, 0.2) is 0 Å². The molecule has 0 aliphatic heterocycles. The monoisotopic (exact) mass is 164 g/mol. The lowest BCUT2D eigenvalue weighted by Gasteiger charge is -1.97. The first-order valence-electron chi connectivity index (χ1n) is 2.78. The first-order valence-corrected chi connectivity index (χ1v) is 2.78. The second kappa shape index (κ2) is 3.29. The average molecular weight is 164 g/mol. The summed E-state index contributed by atoms with van der Waals surface area (Å²) in [5, 5.41) is 3.33. The summed E-state index contributed by atoms with van der Waals surface area (Å²) in [6.45, 7) is -3.15. The highest BCUT2D eigenvalue weighted by atomic mass is 19.3. The van der Waals surface area contributed by atoms with E-state index in [1.54, 1.807) is 0 Å². The number of nitrogen functional groups attached to an aromatic ring is 1. The van der Waals surface area contributed by atoms with E-state index in [9.17, 15) is 8.78 Å². The van der Waals surface area contributed by atoms with Gasteiger partial charge in [-0.05, 0) is 0 Å². The van der Waals surface area contributed by atoms with Crippen molar-refractivity contribution < 1.29 is 18.0 Å². The molecule has 0 aromatic carbocycles. The summed E-state index contributed by atoms with van der Waals surface area (Å²) >= 11 is 0. The van der Waals surface area contributed by atoms with Gasteiger partial charge in [-0.2, -0.15) is 8.78 Å². The van der Waals surface area contributed by atoms with Gasteiger partial charge in [0.2, 0.25) is 0 Å². The second-order valence-electron chi connectivity index (χ2n) is 1.79. The fraction of sp³-hybridized carbons (Fsp3) is 0.400. The first kappa shape index (κ1) is 7.93. The standard InChI is InChI=1S/C5H6F2N2O2/c6-5(7)10-2-4-3(8)1-11-9-4/h1,5H,2,8H2. The Balaban J connectivity index is 2.44. The molecular weight excluding hydrogens is 158 g/mol. The van der Waals surface area contributed by atoms with Gasteiger partial charge in [-0.25, -0.2) is 0 Å². The van der Waals surface area contributed by atoms with Crippen LogP contribution in [-0.2, 0) is 11.3 Å². The number of halogens is 2. The van der Waals surface area contributed by atoms with Crippen LogP contribution in [0.4, 0.5) is 14.5 Å². The van der Waals surface area contributed by atoms with E-state index in [2.05, 4.69) is 14.4 Å². The lowest BCUT2D eigenvalue weighted by atomic mass is 10.4. The van der Waals surface area contributed by atoms with Crippen LogP contribution in [0.25, 0.3) is 0 Å². The average Bonchev–Trinajstić information content (AvgIpc) is 2.31. The van der Waals surface area contributed by atoms with Crippen LogP contribution in [0.1, 0.15) is 5.69 Å². The number of anilines is 1. The molecule has 11 heavy (non-hydrogen) atoms. The first-order chi connectivity index (χ1) is 5.20. The molecule has 0 amide bonds. The molecule has 4 nitrogen and oxygen atoms in total. The fourth-order valence-corrected chi connectivity index (χ4v) is 0.519. The smallest absolute Gasteiger partial charge is 0.345 e. The second-order valence-corrected chi connectivity index (χ2v) is 1.79. The van der Waals surface area contributed by atoms with Crippen LogP contribution < -0.4 is 5.73 Å². The molecule has 1 aromatic rings. The van der Waals surface area contributed by atoms with E-state index in [-0.39, 0.29) is 18.0 Å². The Morgan fingerprint density at radius 1 is 1.73 bits per heavy atom. The summed E-state index contributed by atoms with van der Waals surface area (Å²) < 4.78 is 31.2. The predicted molar refractivity (Wildman–Crippen MR) is 31.7 cm³/mol. The summed E-state index contributed by atoms with van der Waals surface area (Å²) in [7, 11) is 0. The van der Waals surface area contributed by atoms with Gasteiger partial charge < -0.3 is 15.0 Å². The minimum atomic E-state index is -2.81. The molecule has 0 unspecified atom stereocenters. The van der Waals surface area contributed by atoms with Crippen molar-refractivity contribution in [2.24, 2.45) is 0 Å². The van der Waals surface area contributed by atoms with Crippen LogP contribution >= 0.6 is 0 Å². The Morgan fingerprint density at radius 2 is 2.45 bits per heavy atom. The normalized spacial score (nSPS) is 10.8. The minimum Gasteiger partial charge on any atom is -0.394 e. The Bertz CT molecular complexity index is 226. The van der Waals surface area contributed by atoms with Crippen molar-refractivity contribution in [3.8, 4) is 0 Å². The highest BCUT2D eigenvalue weighted by Crippen LogP contribution is 2.10. The number of ether oxygens (including phenoxy) is 1. The Morgan fingerprint density at radius 3 is 2.91 bits per heavy atom. The molecule has 62 valence electrons. The molecule has 0 spiro atoms. The zero-order chi connectivity index (χ0) is 8.27. The van der Waals surface area contributed by atoms with Crippen molar-refractivity contribution in [2.75, 3.05) is 5.73 Å². The van der Waals surface area contributed by atoms with Crippen LogP contribution in [0.15, 0.2) is 10.8 Å². The number of aromatic nitrogens is 1. The largest absolute Gasteiger partial charge is 0.394 e. The highest BCUT2D eigenvalue weighted by Gasteiger charge is 2.07. The molecule has 1 aromatic heterocycles. The van der Waals surface area contributed by atoms with Crippen LogP contribution in [0.2, 0.25) is 0 Å². The third-order valence-corrected chi connectivity index (χ3v) is 1.02. The van der Waals surface area contributed by atoms with E-state index in [1.165, 1.54) is 0 Å². The molecule has 0 saturated heterocycles. The van der Waals surface area contributed by atoms with E-state index in [1.807, 2.05) is 0 Å². The van der Waals surface area contributed by atoms with Crippen LogP contribution in [0.3, 0.4) is 0 Å². The number of nitrogens with two attached hydrogens (primary N) is 1. The Labute approximate surface area is 60.9 Å². The van der Waals surface area contributed by atoms with Crippen molar-refractivity contribution in [1.82, 2.24) is 5.16 Å². The predicted octanol–water partition coefficient (Wildman–Crippen LogP) is 0.996. The SMILES string of the molecule is Nc1conc1COC(F)F. The molecule has 1 rings (SSSR count). The van der Waals surface area contributed by atoms with Crippen molar-refractivity contribution in [2.45, 2.75) is 13.2 Å². The quantitative estimate of drug-likeness (QED) is 0.723. The lowest BCUT2D eigenvalue weighted by Crippen LogP contribution is -2.01. The van der Waals surface area contributed by atoms with E-state index < -0.39 is 6.61 Å². The van der Waals surface area contributed by atoms with E-state index >= 15 is 0 Å². The summed E-state index contributed by atoms with van der Waals surface area (Å²) in [4.78, 5) is 0. The van der Waals surface area contributed by atoms with Gasteiger partial charge in [0.05, 0.1) is 5.69 Å². The van der Waals surface area contributed by atoms with E-state index in [0.29, 0.717) is 0 Å². The van der Waals surface area contributed by atoms with Crippen molar-refractivity contribution in [1.29, 1.82) is 0 Å². The van der Waals surface area contributed by atoms with Crippen LogP contribution in [0.5, 0.6) is 0 Å². The number of alkyl halides is 2. The highest BCUT2D eigenvalue weighted by molar-refractivity contribution is 5.37. The number of hydrogen-bond acceptors (Lipinski definition) is 4. The van der Waals surface area contributed by atoms with Gasteiger partial charge in [-0.1, -0.05) is 5.16 Å². The molecule has 1 heterocycles. The Kier molecular flexibility index (Phi) is 2.37. The van der Waals surface area contributed by atoms with Gasteiger partial charge in [0, 0.05) is 0 Å². The van der Waals surface area contributed by atoms with Crippen molar-refractivity contribution >= 4 is 5.69 Å². The maximum atomic E-state index is 11.4. The summed E-state index contributed by atoms with van der Waals surface area (Å²) in [5.74, 6) is 0. The zero-order valence-corrected chi connectivity index (χ0v) is 5.46. The topological polar surface area (TPSA) is 61.3 Å². The van der Waals surface area contributed by atoms with Crippen molar-refractivity contribution in [3.05, 3.63) is 12.0 Å². The summed E-state index contributed by atoms with van der Waals surface area (Å²) in [5.41, 5.74) is 5.64. The molecule has 2 N–H and O–H groups in total. The molecule has 0 radical (unpaired) electrons. The number of nitrogens with zero attached hydrogens (tertiary/aromatic N) is 1. The summed E-state index contributed by atoms with van der Waals surface area (Å²) in [6, 6.07) is 0. The molecular formula is C5H6F2N2O2. The summed E-state index contributed by atoms with van der Waals surface area (Å²) in [6.07, 6.45) is 1.16. The third-order valence-electron chi connectivity index (χ3n) is 1.02. The van der Waals surface area contributed by atoms with E-state index in [0.717, 1.165) is 6.26 Å². The van der Waals surface area contributed by atoms with Crippen LogP contribution in [-0.4, -0.2) is 11.8 Å². The number of rotatable bonds is 3. The zero-order valence-electron chi connectivity index (χ0n) is 5.46. The molecule has 6 heteroatoms. The third kappa shape index (κ3) is 2.15. The van der Waals surface area contributed by atoms with Gasteiger partial charge in [-0.15, -0.1) is 0 Å². The molecule has 0 fully saturated rings. The van der Waals surface area contributed by atoms with Gasteiger partial charge in [0.25, 0.3) is 0 Å². The fourth-order valence-electron chi connectivity index (χ4n) is 0.519. The Hall–Kier alpha value is -1.17. The molecule has 0 aliphatic carbocycles. The minimum absolute atomic E-state index is 0.185. The maximum Gasteiger partial charge on any atom is 0.345 e. The molecule has 0 saturated carbocycles. The van der Waals surface area contributed by atoms with Gasteiger partial charge in [0.1, 0.15) is 18.6 Å². The van der Waals surface area contributed by atoms with Gasteiger partial charge >= 0.3 is 6.61 Å². The maximum absolute atomic E-state index is 11.4. The van der Waals surface area contributed by atoms with Gasteiger partial charge in [-0.3, -0.25) is 0 Å². The molecule has 0 aliphatic rings. The number of hydrogen-bond donors (Lipinski definition) is 1. The van der Waals surface area contributed by atoms with Crippen molar-refractivity contribution in [3.63, 3.8) is 0 Å². The van der Waals surface area contributed by atoms with E-state index in [4.69, 9.17) is 5.73 Å². The molecule has 0 bridgehead atoms.